The molecule has 0 saturated carbocycles. The molecule has 212 valence electrons. The quantitative estimate of drug-likeness (QED) is 0.109. The summed E-state index contributed by atoms with van der Waals surface area (Å²) in [5.41, 5.74) is 7.81. The topological polar surface area (TPSA) is 145 Å². The molecular formula is C29H36ClN7O3. The van der Waals surface area contributed by atoms with E-state index in [0.29, 0.717) is 46.8 Å². The van der Waals surface area contributed by atoms with Crippen LogP contribution < -0.4 is 26.4 Å². The van der Waals surface area contributed by atoms with Gasteiger partial charge in [-0.25, -0.2) is 4.98 Å². The first-order valence-electron chi connectivity index (χ1n) is 13.1. The molecule has 0 bridgehead atoms. The van der Waals surface area contributed by atoms with Gasteiger partial charge in [-0.3, -0.25) is 15.0 Å². The summed E-state index contributed by atoms with van der Waals surface area (Å²) in [4.78, 5) is 31.4. The summed E-state index contributed by atoms with van der Waals surface area (Å²) in [5.74, 6) is 0.437. The van der Waals surface area contributed by atoms with Gasteiger partial charge in [0.05, 0.1) is 16.3 Å². The highest BCUT2D eigenvalue weighted by atomic mass is 35.5. The van der Waals surface area contributed by atoms with Crippen LogP contribution in [0.15, 0.2) is 60.8 Å². The Bertz CT molecular complexity index is 1280. The fraction of sp³-hybridized carbons (Fsp3) is 0.310. The lowest BCUT2D eigenvalue weighted by atomic mass is 10.1. The second kappa shape index (κ2) is 15.4. The number of halogens is 1. The van der Waals surface area contributed by atoms with Crippen LogP contribution in [-0.4, -0.2) is 61.3 Å². The van der Waals surface area contributed by atoms with Gasteiger partial charge in [0, 0.05) is 38.1 Å². The molecule has 0 atom stereocenters. The van der Waals surface area contributed by atoms with Crippen LogP contribution in [0.4, 0.5) is 17.2 Å². The van der Waals surface area contributed by atoms with Crippen LogP contribution in [0, 0.1) is 5.41 Å². The lowest BCUT2D eigenvalue weighted by Crippen LogP contribution is -2.29. The number of nitrogens with one attached hydrogen (secondary N) is 4. The number of pyridine rings is 1. The molecule has 1 aromatic heterocycles. The lowest BCUT2D eigenvalue weighted by molar-refractivity contribution is -0.123. The number of carbonyl (C=O) groups is 2. The summed E-state index contributed by atoms with van der Waals surface area (Å²) in [6.07, 6.45) is 5.36. The van der Waals surface area contributed by atoms with E-state index in [-0.39, 0.29) is 12.5 Å². The van der Waals surface area contributed by atoms with Gasteiger partial charge in [0.2, 0.25) is 0 Å². The molecule has 1 heterocycles. The predicted molar refractivity (Wildman–Crippen MR) is 160 cm³/mol. The third-order valence-corrected chi connectivity index (χ3v) is 6.14. The minimum Gasteiger partial charge on any atom is -0.484 e. The highest BCUT2D eigenvalue weighted by Gasteiger charge is 2.16. The van der Waals surface area contributed by atoms with Crippen molar-refractivity contribution in [1.29, 1.82) is 5.41 Å². The van der Waals surface area contributed by atoms with Crippen LogP contribution in [0.2, 0.25) is 5.02 Å². The second-order valence-corrected chi connectivity index (χ2v) is 9.75. The van der Waals surface area contributed by atoms with Crippen molar-refractivity contribution in [2.75, 3.05) is 44.4 Å². The second-order valence-electron chi connectivity index (χ2n) is 9.31. The van der Waals surface area contributed by atoms with E-state index in [4.69, 9.17) is 27.5 Å². The average Bonchev–Trinajstić information content (AvgIpc) is 2.95. The number of nitrogens with two attached hydrogens (primary N) is 1. The number of anilines is 3. The maximum Gasteiger partial charge on any atom is 0.259 e. The van der Waals surface area contributed by atoms with E-state index in [1.807, 2.05) is 38.4 Å². The molecule has 10 nitrogen and oxygen atoms in total. The van der Waals surface area contributed by atoms with Crippen molar-refractivity contribution >= 4 is 46.4 Å². The Hall–Kier alpha value is -4.15. The Labute approximate surface area is 239 Å². The van der Waals surface area contributed by atoms with E-state index in [1.54, 1.807) is 35.2 Å². The minimum atomic E-state index is -0.421. The van der Waals surface area contributed by atoms with Crippen molar-refractivity contribution < 1.29 is 14.3 Å². The number of hydrogen-bond donors (Lipinski definition) is 5. The summed E-state index contributed by atoms with van der Waals surface area (Å²) in [6, 6.07) is 15.5. The molecule has 0 saturated heterocycles. The molecule has 40 heavy (non-hydrogen) atoms. The number of carbonyl (C=O) groups excluding carboxylic acids is 2. The summed E-state index contributed by atoms with van der Waals surface area (Å²) in [7, 11) is 3.63. The molecule has 6 N–H and O–H groups in total. The van der Waals surface area contributed by atoms with Gasteiger partial charge >= 0.3 is 0 Å². The van der Waals surface area contributed by atoms with Gasteiger partial charge in [-0.15, -0.1) is 0 Å². The van der Waals surface area contributed by atoms with Crippen LogP contribution in [0.25, 0.3) is 0 Å². The Balaban J connectivity index is 1.72. The fourth-order valence-corrected chi connectivity index (χ4v) is 3.83. The highest BCUT2D eigenvalue weighted by Crippen LogP contribution is 2.27. The zero-order chi connectivity index (χ0) is 28.9. The van der Waals surface area contributed by atoms with E-state index >= 15 is 0 Å². The first-order chi connectivity index (χ1) is 19.3. The standard InChI is InChI=1S/C29H36ClN7O3/c1-37(2)28(32)20-7-10-22(11-8-20)35-25-13-12-23(40-19-27(38)33-16-6-4-3-5-15-31)17-24(25)29(39)36-26-14-9-21(30)18-34-26/h7-14,17-18,32,35H,3-6,15-16,19,31H2,1-2H3,(H,33,38)(H,34,36,39). The molecule has 3 rings (SSSR count). The number of hydrogen-bond acceptors (Lipinski definition) is 7. The number of rotatable bonds is 14. The van der Waals surface area contributed by atoms with Gasteiger partial charge in [-0.2, -0.15) is 0 Å². The van der Waals surface area contributed by atoms with E-state index in [9.17, 15) is 9.59 Å². The van der Waals surface area contributed by atoms with Crippen molar-refractivity contribution in [1.82, 2.24) is 15.2 Å². The van der Waals surface area contributed by atoms with Crippen molar-refractivity contribution in [3.8, 4) is 5.75 Å². The number of ether oxygens (including phenoxy) is 1. The number of unbranched alkanes of at least 4 members (excludes halogenated alkanes) is 3. The SMILES string of the molecule is CN(C)C(=N)c1ccc(Nc2ccc(OCC(=O)NCCCCCCN)cc2C(=O)Nc2ccc(Cl)cn2)cc1. The molecule has 0 spiro atoms. The Morgan fingerprint density at radius 1 is 1.02 bits per heavy atom. The third-order valence-electron chi connectivity index (χ3n) is 5.91. The van der Waals surface area contributed by atoms with Crippen molar-refractivity contribution in [2.24, 2.45) is 5.73 Å². The maximum atomic E-state index is 13.3. The maximum absolute atomic E-state index is 13.3. The van der Waals surface area contributed by atoms with E-state index in [0.717, 1.165) is 36.9 Å². The highest BCUT2D eigenvalue weighted by molar-refractivity contribution is 6.30. The van der Waals surface area contributed by atoms with Gasteiger partial charge in [-0.1, -0.05) is 24.4 Å². The van der Waals surface area contributed by atoms with E-state index in [2.05, 4.69) is 20.9 Å². The predicted octanol–water partition coefficient (Wildman–Crippen LogP) is 4.63. The molecular weight excluding hydrogens is 530 g/mol. The number of aromatic nitrogens is 1. The first kappa shape index (κ1) is 30.4. The minimum absolute atomic E-state index is 0.172. The smallest absolute Gasteiger partial charge is 0.259 e. The van der Waals surface area contributed by atoms with Crippen LogP contribution in [-0.2, 0) is 4.79 Å². The summed E-state index contributed by atoms with van der Waals surface area (Å²) in [5, 5.41) is 17.5. The molecule has 2 amide bonds. The molecule has 0 radical (unpaired) electrons. The fourth-order valence-electron chi connectivity index (χ4n) is 3.72. The number of nitrogens with zero attached hydrogens (tertiary/aromatic N) is 2. The van der Waals surface area contributed by atoms with Crippen LogP contribution in [0.3, 0.4) is 0 Å². The summed E-state index contributed by atoms with van der Waals surface area (Å²) in [6.45, 7) is 1.08. The van der Waals surface area contributed by atoms with E-state index < -0.39 is 5.91 Å². The molecule has 0 aliphatic carbocycles. The van der Waals surface area contributed by atoms with Crippen LogP contribution >= 0.6 is 11.6 Å². The zero-order valence-corrected chi connectivity index (χ0v) is 23.6. The molecule has 0 fully saturated rings. The molecule has 0 unspecified atom stereocenters. The zero-order valence-electron chi connectivity index (χ0n) is 22.8. The lowest BCUT2D eigenvalue weighted by Gasteiger charge is -2.16. The monoisotopic (exact) mass is 565 g/mol. The summed E-state index contributed by atoms with van der Waals surface area (Å²) < 4.78 is 5.69. The average molecular weight is 566 g/mol. The molecule has 0 aliphatic rings. The number of amidine groups is 1. The molecule has 2 aromatic carbocycles. The molecule has 11 heteroatoms. The number of benzene rings is 2. The normalized spacial score (nSPS) is 10.5. The Morgan fingerprint density at radius 2 is 1.77 bits per heavy atom. The third kappa shape index (κ3) is 9.55. The molecule has 0 aliphatic heterocycles. The van der Waals surface area contributed by atoms with Gasteiger partial charge in [0.25, 0.3) is 11.8 Å². The Morgan fingerprint density at radius 3 is 2.45 bits per heavy atom. The van der Waals surface area contributed by atoms with Crippen LogP contribution in [0.5, 0.6) is 5.75 Å². The van der Waals surface area contributed by atoms with Crippen molar-refractivity contribution in [3.63, 3.8) is 0 Å². The van der Waals surface area contributed by atoms with E-state index in [1.165, 1.54) is 6.20 Å². The van der Waals surface area contributed by atoms with Crippen LogP contribution in [0.1, 0.15) is 41.6 Å². The van der Waals surface area contributed by atoms with Crippen molar-refractivity contribution in [3.05, 3.63) is 76.9 Å². The summed E-state index contributed by atoms with van der Waals surface area (Å²) >= 11 is 5.91. The number of amides is 2. The van der Waals surface area contributed by atoms with Gasteiger partial charge < -0.3 is 31.3 Å². The van der Waals surface area contributed by atoms with Crippen molar-refractivity contribution in [2.45, 2.75) is 25.7 Å². The van der Waals surface area contributed by atoms with Gasteiger partial charge in [0.1, 0.15) is 17.4 Å². The van der Waals surface area contributed by atoms with Gasteiger partial charge in [-0.05, 0) is 74.0 Å². The van der Waals surface area contributed by atoms with Gasteiger partial charge in [0.15, 0.2) is 6.61 Å². The molecule has 3 aromatic rings. The largest absolute Gasteiger partial charge is 0.484 e. The Kier molecular flexibility index (Phi) is 11.7. The first-order valence-corrected chi connectivity index (χ1v) is 13.4.